The Bertz CT molecular complexity index is 410. The number of hydrogen-bond donors (Lipinski definition) is 0. The summed E-state index contributed by atoms with van der Waals surface area (Å²) in [6.07, 6.45) is 1.87. The number of rotatable bonds is 3. The van der Waals surface area contributed by atoms with Crippen LogP contribution in [0.4, 0.5) is 0 Å². The molecule has 6 heteroatoms. The van der Waals surface area contributed by atoms with Gasteiger partial charge in [-0.05, 0) is 19.8 Å². The molecule has 0 aliphatic carbocycles. The molecule has 0 saturated carbocycles. The predicted octanol–water partition coefficient (Wildman–Crippen LogP) is 0.266. The van der Waals surface area contributed by atoms with Crippen LogP contribution in [0.1, 0.15) is 26.2 Å². The molecule has 2 amide bonds. The summed E-state index contributed by atoms with van der Waals surface area (Å²) >= 11 is 0. The Morgan fingerprint density at radius 1 is 1.30 bits per heavy atom. The van der Waals surface area contributed by atoms with Gasteiger partial charge in [0.05, 0.1) is 18.9 Å². The molecule has 20 heavy (non-hydrogen) atoms. The van der Waals surface area contributed by atoms with E-state index in [1.807, 2.05) is 6.92 Å². The van der Waals surface area contributed by atoms with Gasteiger partial charge in [0.1, 0.15) is 0 Å². The van der Waals surface area contributed by atoms with E-state index in [0.29, 0.717) is 32.6 Å². The minimum atomic E-state index is -0.251. The first-order chi connectivity index (χ1) is 9.56. The average molecular weight is 282 g/mol. The van der Waals surface area contributed by atoms with E-state index in [4.69, 9.17) is 4.74 Å². The highest BCUT2D eigenvalue weighted by Crippen LogP contribution is 2.24. The number of esters is 1. The van der Waals surface area contributed by atoms with E-state index < -0.39 is 0 Å². The summed E-state index contributed by atoms with van der Waals surface area (Å²) in [5.41, 5.74) is 0. The molecule has 2 aliphatic heterocycles. The summed E-state index contributed by atoms with van der Waals surface area (Å²) in [6.45, 7) is 4.16. The zero-order chi connectivity index (χ0) is 14.7. The maximum atomic E-state index is 12.5. The summed E-state index contributed by atoms with van der Waals surface area (Å²) in [4.78, 5) is 39.2. The molecule has 0 N–H and O–H groups in total. The summed E-state index contributed by atoms with van der Waals surface area (Å²) in [7, 11) is 1.37. The molecule has 1 unspecified atom stereocenters. The van der Waals surface area contributed by atoms with E-state index in [-0.39, 0.29) is 29.6 Å². The highest BCUT2D eigenvalue weighted by molar-refractivity contribution is 5.89. The van der Waals surface area contributed by atoms with Crippen LogP contribution in [0.2, 0.25) is 0 Å². The molecule has 0 aromatic heterocycles. The van der Waals surface area contributed by atoms with Crippen LogP contribution in [0.15, 0.2) is 0 Å². The molecular weight excluding hydrogens is 260 g/mol. The van der Waals surface area contributed by atoms with Crippen LogP contribution in [0.5, 0.6) is 0 Å². The lowest BCUT2D eigenvalue weighted by Gasteiger charge is -2.32. The summed E-state index contributed by atoms with van der Waals surface area (Å²) in [6, 6.07) is 0. The Morgan fingerprint density at radius 2 is 2.05 bits per heavy atom. The Morgan fingerprint density at radius 3 is 2.65 bits per heavy atom. The molecule has 2 fully saturated rings. The Balaban J connectivity index is 1.96. The maximum Gasteiger partial charge on any atom is 0.310 e. The van der Waals surface area contributed by atoms with Gasteiger partial charge in [0.25, 0.3) is 0 Å². The third kappa shape index (κ3) is 2.94. The smallest absolute Gasteiger partial charge is 0.310 e. The van der Waals surface area contributed by atoms with Crippen molar-refractivity contribution in [2.45, 2.75) is 26.2 Å². The summed E-state index contributed by atoms with van der Waals surface area (Å²) < 4.78 is 4.76. The van der Waals surface area contributed by atoms with Crippen molar-refractivity contribution in [1.82, 2.24) is 9.80 Å². The third-order valence-electron chi connectivity index (χ3n) is 4.21. The average Bonchev–Trinajstić information content (AvgIpc) is 2.86. The van der Waals surface area contributed by atoms with Crippen LogP contribution in [-0.2, 0) is 19.1 Å². The first-order valence-electron chi connectivity index (χ1n) is 7.21. The lowest BCUT2D eigenvalue weighted by molar-refractivity contribution is -0.149. The topological polar surface area (TPSA) is 66.9 Å². The van der Waals surface area contributed by atoms with Gasteiger partial charge in [-0.1, -0.05) is 0 Å². The minimum absolute atomic E-state index is 0.00269. The van der Waals surface area contributed by atoms with E-state index in [1.165, 1.54) is 7.11 Å². The molecule has 2 rings (SSSR count). The first kappa shape index (κ1) is 14.8. The molecule has 6 nitrogen and oxygen atoms in total. The van der Waals surface area contributed by atoms with Crippen molar-refractivity contribution in [3.05, 3.63) is 0 Å². The number of methoxy groups -OCH3 is 1. The van der Waals surface area contributed by atoms with Crippen molar-refractivity contribution in [2.24, 2.45) is 11.8 Å². The lowest BCUT2D eigenvalue weighted by Crippen LogP contribution is -2.45. The van der Waals surface area contributed by atoms with Crippen LogP contribution >= 0.6 is 0 Å². The normalized spacial score (nSPS) is 26.8. The molecule has 2 aliphatic rings. The van der Waals surface area contributed by atoms with Gasteiger partial charge in [-0.3, -0.25) is 14.4 Å². The van der Waals surface area contributed by atoms with Crippen LogP contribution in [0.3, 0.4) is 0 Å². The molecule has 2 heterocycles. The fourth-order valence-electron chi connectivity index (χ4n) is 3.04. The largest absolute Gasteiger partial charge is 0.469 e. The van der Waals surface area contributed by atoms with E-state index in [1.54, 1.807) is 9.80 Å². The molecule has 0 radical (unpaired) electrons. The van der Waals surface area contributed by atoms with Gasteiger partial charge in [-0.25, -0.2) is 0 Å². The zero-order valence-electron chi connectivity index (χ0n) is 12.1. The van der Waals surface area contributed by atoms with Gasteiger partial charge in [0, 0.05) is 32.6 Å². The SMILES string of the molecule is CCN1CC(C(=O)N2CCC[C@H](C(=O)OC)C2)CC1=O. The van der Waals surface area contributed by atoms with Gasteiger partial charge < -0.3 is 14.5 Å². The number of carbonyl (C=O) groups is 3. The van der Waals surface area contributed by atoms with Crippen molar-refractivity contribution >= 4 is 17.8 Å². The zero-order valence-corrected chi connectivity index (χ0v) is 12.1. The first-order valence-corrected chi connectivity index (χ1v) is 7.21. The van der Waals surface area contributed by atoms with Gasteiger partial charge in [0.2, 0.25) is 11.8 Å². The number of likely N-dealkylation sites (tertiary alicyclic amines) is 2. The molecule has 2 atom stereocenters. The Kier molecular flexibility index (Phi) is 4.62. The number of ether oxygens (including phenoxy) is 1. The maximum absolute atomic E-state index is 12.5. The van der Waals surface area contributed by atoms with Gasteiger partial charge in [-0.2, -0.15) is 0 Å². The highest BCUT2D eigenvalue weighted by atomic mass is 16.5. The van der Waals surface area contributed by atoms with Crippen molar-refractivity contribution < 1.29 is 19.1 Å². The van der Waals surface area contributed by atoms with Crippen molar-refractivity contribution in [1.29, 1.82) is 0 Å². The number of nitrogens with zero attached hydrogens (tertiary/aromatic N) is 2. The lowest BCUT2D eigenvalue weighted by atomic mass is 9.96. The number of piperidine rings is 1. The minimum Gasteiger partial charge on any atom is -0.469 e. The summed E-state index contributed by atoms with van der Waals surface area (Å²) in [5.74, 6) is -0.675. The van der Waals surface area contributed by atoms with E-state index in [0.717, 1.165) is 12.8 Å². The van der Waals surface area contributed by atoms with Crippen LogP contribution < -0.4 is 0 Å². The molecule has 0 bridgehead atoms. The molecule has 0 aromatic carbocycles. The van der Waals surface area contributed by atoms with Crippen LogP contribution in [0.25, 0.3) is 0 Å². The second-order valence-electron chi connectivity index (χ2n) is 5.48. The second kappa shape index (κ2) is 6.24. The Hall–Kier alpha value is -1.59. The van der Waals surface area contributed by atoms with Crippen molar-refractivity contribution in [3.8, 4) is 0 Å². The Labute approximate surface area is 119 Å². The molecule has 0 aromatic rings. The van der Waals surface area contributed by atoms with Crippen LogP contribution in [-0.4, -0.2) is 60.9 Å². The fraction of sp³-hybridized carbons (Fsp3) is 0.786. The molecule has 112 valence electrons. The van der Waals surface area contributed by atoms with E-state index in [9.17, 15) is 14.4 Å². The van der Waals surface area contributed by atoms with Gasteiger partial charge in [0.15, 0.2) is 0 Å². The van der Waals surface area contributed by atoms with Crippen LogP contribution in [0, 0.1) is 11.8 Å². The molecular formula is C14H22N2O4. The van der Waals surface area contributed by atoms with Crippen molar-refractivity contribution in [2.75, 3.05) is 33.3 Å². The monoisotopic (exact) mass is 282 g/mol. The fourth-order valence-corrected chi connectivity index (χ4v) is 3.04. The highest BCUT2D eigenvalue weighted by Gasteiger charge is 2.38. The second-order valence-corrected chi connectivity index (χ2v) is 5.48. The number of amides is 2. The predicted molar refractivity (Wildman–Crippen MR) is 71.7 cm³/mol. The van der Waals surface area contributed by atoms with Crippen molar-refractivity contribution in [3.63, 3.8) is 0 Å². The standard InChI is InChI=1S/C14H22N2O4/c1-3-15-9-11(7-12(15)17)13(18)16-6-4-5-10(8-16)14(19)20-2/h10-11H,3-9H2,1-2H3/t10-,11?/m0/s1. The number of carbonyl (C=O) groups excluding carboxylic acids is 3. The van der Waals surface area contributed by atoms with Gasteiger partial charge >= 0.3 is 5.97 Å². The number of hydrogen-bond acceptors (Lipinski definition) is 4. The third-order valence-corrected chi connectivity index (χ3v) is 4.21. The van der Waals surface area contributed by atoms with Gasteiger partial charge in [-0.15, -0.1) is 0 Å². The summed E-state index contributed by atoms with van der Waals surface area (Å²) in [5, 5.41) is 0. The quantitative estimate of drug-likeness (QED) is 0.697. The molecule has 0 spiro atoms. The van der Waals surface area contributed by atoms with E-state index >= 15 is 0 Å². The van der Waals surface area contributed by atoms with E-state index in [2.05, 4.69) is 0 Å². The molecule has 2 saturated heterocycles.